The third-order valence-electron chi connectivity index (χ3n) is 3.35. The first-order valence-corrected chi connectivity index (χ1v) is 6.62. The standard InChI is InChI=1S/C16H12N4O/c1-21-20-15(11-7-3-2-4-8-11)19-14-16(20)18-13-10-6-5-9-12(13)17-14/h2-10H,1H3. The lowest BCUT2D eigenvalue weighted by Crippen LogP contribution is -2.08. The maximum Gasteiger partial charge on any atom is 0.216 e. The number of benzene rings is 2. The molecule has 102 valence electrons. The van der Waals surface area contributed by atoms with Crippen LogP contribution in [-0.4, -0.2) is 26.8 Å². The first-order valence-electron chi connectivity index (χ1n) is 6.62. The first kappa shape index (κ1) is 11.8. The van der Waals surface area contributed by atoms with E-state index in [1.54, 1.807) is 11.8 Å². The van der Waals surface area contributed by atoms with Crippen LogP contribution >= 0.6 is 0 Å². The summed E-state index contributed by atoms with van der Waals surface area (Å²) in [4.78, 5) is 19.2. The van der Waals surface area contributed by atoms with Crippen LogP contribution in [0.3, 0.4) is 0 Å². The van der Waals surface area contributed by atoms with Crippen LogP contribution in [0.5, 0.6) is 0 Å². The lowest BCUT2D eigenvalue weighted by atomic mass is 10.2. The predicted molar refractivity (Wildman–Crippen MR) is 80.8 cm³/mol. The molecule has 0 unspecified atom stereocenters. The van der Waals surface area contributed by atoms with Gasteiger partial charge >= 0.3 is 0 Å². The smallest absolute Gasteiger partial charge is 0.216 e. The molecule has 0 aliphatic heterocycles. The van der Waals surface area contributed by atoms with Crippen molar-refractivity contribution in [3.05, 3.63) is 54.6 Å². The van der Waals surface area contributed by atoms with Gasteiger partial charge in [-0.05, 0) is 12.1 Å². The second-order valence-electron chi connectivity index (χ2n) is 4.64. The Morgan fingerprint density at radius 3 is 2.19 bits per heavy atom. The minimum atomic E-state index is 0.578. The molecule has 5 heteroatoms. The fourth-order valence-electron chi connectivity index (χ4n) is 2.38. The highest BCUT2D eigenvalue weighted by Gasteiger charge is 2.16. The van der Waals surface area contributed by atoms with Gasteiger partial charge in [0.2, 0.25) is 11.3 Å². The van der Waals surface area contributed by atoms with Crippen LogP contribution in [-0.2, 0) is 0 Å². The van der Waals surface area contributed by atoms with Gasteiger partial charge in [0.05, 0.1) is 11.0 Å². The monoisotopic (exact) mass is 276 g/mol. The topological polar surface area (TPSA) is 52.8 Å². The Labute approximate surface area is 120 Å². The van der Waals surface area contributed by atoms with E-state index in [4.69, 9.17) is 4.84 Å². The highest BCUT2D eigenvalue weighted by Crippen LogP contribution is 2.23. The molecule has 0 saturated heterocycles. The molecule has 5 nitrogen and oxygen atoms in total. The van der Waals surface area contributed by atoms with E-state index in [9.17, 15) is 0 Å². The van der Waals surface area contributed by atoms with Crippen molar-refractivity contribution in [2.45, 2.75) is 0 Å². The van der Waals surface area contributed by atoms with Crippen LogP contribution in [0.15, 0.2) is 54.6 Å². The van der Waals surface area contributed by atoms with Crippen LogP contribution in [0.4, 0.5) is 0 Å². The Morgan fingerprint density at radius 1 is 0.810 bits per heavy atom. The molecule has 0 radical (unpaired) electrons. The number of para-hydroxylation sites is 2. The molecule has 4 aromatic rings. The number of imidazole rings is 1. The van der Waals surface area contributed by atoms with Crippen molar-refractivity contribution >= 4 is 22.3 Å². The summed E-state index contributed by atoms with van der Waals surface area (Å²) in [7, 11) is 1.60. The zero-order valence-corrected chi connectivity index (χ0v) is 11.4. The highest BCUT2D eigenvalue weighted by atomic mass is 16.6. The quantitative estimate of drug-likeness (QED) is 0.565. The average molecular weight is 276 g/mol. The van der Waals surface area contributed by atoms with Crippen molar-refractivity contribution in [2.24, 2.45) is 0 Å². The van der Waals surface area contributed by atoms with Gasteiger partial charge in [0, 0.05) is 5.56 Å². The normalized spacial score (nSPS) is 11.1. The van der Waals surface area contributed by atoms with E-state index in [1.807, 2.05) is 54.6 Å². The molecule has 2 aromatic heterocycles. The van der Waals surface area contributed by atoms with E-state index in [2.05, 4.69) is 15.0 Å². The third kappa shape index (κ3) is 1.82. The number of fused-ring (bicyclic) bond motifs is 2. The van der Waals surface area contributed by atoms with Crippen molar-refractivity contribution in [1.29, 1.82) is 0 Å². The molecule has 0 atom stereocenters. The molecule has 2 heterocycles. The van der Waals surface area contributed by atoms with Crippen LogP contribution in [0.25, 0.3) is 33.7 Å². The van der Waals surface area contributed by atoms with Crippen molar-refractivity contribution < 1.29 is 4.84 Å². The van der Waals surface area contributed by atoms with Gasteiger partial charge in [-0.3, -0.25) is 0 Å². The summed E-state index contributed by atoms with van der Waals surface area (Å²) >= 11 is 0. The van der Waals surface area contributed by atoms with Gasteiger partial charge in [-0.25, -0.2) is 15.0 Å². The van der Waals surface area contributed by atoms with Crippen molar-refractivity contribution in [3.63, 3.8) is 0 Å². The minimum Gasteiger partial charge on any atom is -0.413 e. The SMILES string of the molecule is COn1c(-c2ccccc2)nc2nc3ccccc3nc21. The Kier molecular flexibility index (Phi) is 2.57. The highest BCUT2D eigenvalue weighted by molar-refractivity contribution is 5.84. The second kappa shape index (κ2) is 4.56. The Morgan fingerprint density at radius 2 is 1.48 bits per heavy atom. The lowest BCUT2D eigenvalue weighted by Gasteiger charge is -2.05. The minimum absolute atomic E-state index is 0.578. The van der Waals surface area contributed by atoms with Crippen molar-refractivity contribution in [1.82, 2.24) is 19.7 Å². The maximum absolute atomic E-state index is 5.45. The summed E-state index contributed by atoms with van der Waals surface area (Å²) in [6.45, 7) is 0. The lowest BCUT2D eigenvalue weighted by molar-refractivity contribution is 0.180. The van der Waals surface area contributed by atoms with Crippen molar-refractivity contribution in [2.75, 3.05) is 7.11 Å². The molecule has 0 amide bonds. The molecule has 21 heavy (non-hydrogen) atoms. The zero-order valence-electron chi connectivity index (χ0n) is 11.4. The van der Waals surface area contributed by atoms with Gasteiger partial charge in [0.1, 0.15) is 7.11 Å². The van der Waals surface area contributed by atoms with E-state index in [0.29, 0.717) is 17.1 Å². The summed E-state index contributed by atoms with van der Waals surface area (Å²) < 4.78 is 1.62. The van der Waals surface area contributed by atoms with E-state index >= 15 is 0 Å². The van der Waals surface area contributed by atoms with Gasteiger partial charge in [-0.15, -0.1) is 4.73 Å². The van der Waals surface area contributed by atoms with Crippen molar-refractivity contribution in [3.8, 4) is 11.4 Å². The van der Waals surface area contributed by atoms with Crippen LogP contribution in [0.2, 0.25) is 0 Å². The van der Waals surface area contributed by atoms with E-state index in [1.165, 1.54) is 0 Å². The van der Waals surface area contributed by atoms with Gasteiger partial charge in [0.25, 0.3) is 0 Å². The number of aromatic nitrogens is 4. The Balaban J connectivity index is 2.06. The van der Waals surface area contributed by atoms with Crippen LogP contribution in [0, 0.1) is 0 Å². The van der Waals surface area contributed by atoms with Crippen LogP contribution < -0.4 is 4.84 Å². The molecule has 4 rings (SSSR count). The molecule has 0 aliphatic rings. The van der Waals surface area contributed by atoms with E-state index < -0.39 is 0 Å². The molecule has 2 aromatic carbocycles. The van der Waals surface area contributed by atoms with Gasteiger partial charge in [-0.1, -0.05) is 42.5 Å². The summed E-state index contributed by atoms with van der Waals surface area (Å²) in [5, 5.41) is 0. The van der Waals surface area contributed by atoms with Gasteiger partial charge in [0.15, 0.2) is 5.82 Å². The summed E-state index contributed by atoms with van der Waals surface area (Å²) in [6.07, 6.45) is 0. The number of rotatable bonds is 2. The Bertz CT molecular complexity index is 931. The maximum atomic E-state index is 5.45. The summed E-state index contributed by atoms with van der Waals surface area (Å²) in [5.41, 5.74) is 3.81. The molecular weight excluding hydrogens is 264 g/mol. The Hall–Kier alpha value is -2.95. The average Bonchev–Trinajstić information content (AvgIpc) is 2.91. The molecule has 0 spiro atoms. The number of hydrogen-bond donors (Lipinski definition) is 0. The largest absolute Gasteiger partial charge is 0.413 e. The predicted octanol–water partition coefficient (Wildman–Crippen LogP) is 2.70. The molecule has 0 N–H and O–H groups in total. The first-order chi connectivity index (χ1) is 10.4. The molecule has 0 saturated carbocycles. The zero-order chi connectivity index (χ0) is 14.2. The molecule has 0 fully saturated rings. The molecule has 0 bridgehead atoms. The molecule has 0 aliphatic carbocycles. The number of nitrogens with zero attached hydrogens (tertiary/aromatic N) is 4. The summed E-state index contributed by atoms with van der Waals surface area (Å²) in [5.74, 6) is 0.698. The van der Waals surface area contributed by atoms with Crippen LogP contribution in [0.1, 0.15) is 0 Å². The second-order valence-corrected chi connectivity index (χ2v) is 4.64. The molecular formula is C16H12N4O. The third-order valence-corrected chi connectivity index (χ3v) is 3.35. The van der Waals surface area contributed by atoms with Gasteiger partial charge in [-0.2, -0.15) is 0 Å². The fourth-order valence-corrected chi connectivity index (χ4v) is 2.38. The van der Waals surface area contributed by atoms with E-state index in [-0.39, 0.29) is 0 Å². The number of hydrogen-bond acceptors (Lipinski definition) is 4. The van der Waals surface area contributed by atoms with Gasteiger partial charge < -0.3 is 4.84 Å². The summed E-state index contributed by atoms with van der Waals surface area (Å²) in [6, 6.07) is 17.6. The van der Waals surface area contributed by atoms with E-state index in [0.717, 1.165) is 16.6 Å². The fraction of sp³-hybridized carbons (Fsp3) is 0.0625.